The molecule has 0 saturated heterocycles. The molecule has 0 saturated carbocycles. The van der Waals surface area contributed by atoms with E-state index >= 15 is 0 Å². The van der Waals surface area contributed by atoms with Crippen LogP contribution in [0.3, 0.4) is 0 Å². The molecule has 1 atom stereocenters. The topological polar surface area (TPSA) is 125 Å². The minimum absolute atomic E-state index is 0.150. The largest absolute Gasteiger partial charge is 0.472 e. The average Bonchev–Trinajstić information content (AvgIpc) is 2.43. The highest BCUT2D eigenvalue weighted by Crippen LogP contribution is 2.25. The van der Waals surface area contributed by atoms with Crippen molar-refractivity contribution in [2.45, 2.75) is 12.8 Å². The summed E-state index contributed by atoms with van der Waals surface area (Å²) in [5.41, 5.74) is 12.0. The summed E-state index contributed by atoms with van der Waals surface area (Å²) in [6.07, 6.45) is 0. The highest BCUT2D eigenvalue weighted by molar-refractivity contribution is 5.86. The first-order chi connectivity index (χ1) is 9.91. The molecule has 0 aromatic heterocycles. The number of guanidine groups is 1. The van der Waals surface area contributed by atoms with Gasteiger partial charge in [0.15, 0.2) is 5.96 Å². The fourth-order valence-electron chi connectivity index (χ4n) is 2.02. The Morgan fingerprint density at radius 1 is 1.19 bits per heavy atom. The Bertz CT molecular complexity index is 630. The third-order valence-electron chi connectivity index (χ3n) is 2.90. The van der Waals surface area contributed by atoms with Gasteiger partial charge in [-0.05, 0) is 16.3 Å². The molecule has 0 amide bonds. The van der Waals surface area contributed by atoms with Crippen LogP contribution in [0.15, 0.2) is 47.5 Å². The number of fused-ring (bicyclic) bond motifs is 1. The molecule has 7 nitrogen and oxygen atoms in total. The number of nitrogens with zero attached hydrogens (tertiary/aromatic N) is 2. The lowest BCUT2D eigenvalue weighted by atomic mass is 9.95. The van der Waals surface area contributed by atoms with Crippen LogP contribution in [0, 0.1) is 4.91 Å². The summed E-state index contributed by atoms with van der Waals surface area (Å²) >= 11 is 0. The molecule has 0 spiro atoms. The van der Waals surface area contributed by atoms with Crippen molar-refractivity contribution >= 4 is 16.7 Å². The van der Waals surface area contributed by atoms with Gasteiger partial charge < -0.3 is 11.5 Å². The lowest BCUT2D eigenvalue weighted by Crippen LogP contribution is -2.23. The summed E-state index contributed by atoms with van der Waals surface area (Å²) in [6, 6.07) is 14.7. The van der Waals surface area contributed by atoms with E-state index in [0.717, 1.165) is 0 Å². The third kappa shape index (κ3) is 5.35. The molecule has 2 rings (SSSR count). The molecule has 112 valence electrons. The van der Waals surface area contributed by atoms with Gasteiger partial charge in [0.2, 0.25) is 0 Å². The molecular formula is C14H19N4O3+. The van der Waals surface area contributed by atoms with Crippen molar-refractivity contribution in [3.05, 3.63) is 52.9 Å². The van der Waals surface area contributed by atoms with Crippen molar-refractivity contribution in [3.8, 4) is 0 Å². The van der Waals surface area contributed by atoms with Crippen molar-refractivity contribution < 1.29 is 15.5 Å². The van der Waals surface area contributed by atoms with E-state index in [9.17, 15) is 0 Å². The van der Waals surface area contributed by atoms with Crippen LogP contribution in [0.2, 0.25) is 0 Å². The van der Waals surface area contributed by atoms with E-state index in [1.54, 1.807) is 0 Å². The molecule has 0 aliphatic heterocycles. The zero-order valence-corrected chi connectivity index (χ0v) is 11.7. The van der Waals surface area contributed by atoms with Gasteiger partial charge in [-0.25, -0.2) is 10.4 Å². The first-order valence-corrected chi connectivity index (χ1v) is 6.30. The molecule has 0 aliphatic rings. The molecule has 0 aliphatic carbocycles. The molecule has 0 radical (unpaired) electrons. The Kier molecular flexibility index (Phi) is 5.94. The minimum atomic E-state index is -1.25. The number of benzene rings is 2. The van der Waals surface area contributed by atoms with Crippen LogP contribution in [0.25, 0.3) is 10.8 Å². The number of rotatable bonds is 3. The predicted molar refractivity (Wildman–Crippen MR) is 80.2 cm³/mol. The van der Waals surface area contributed by atoms with E-state index in [1.807, 2.05) is 6.07 Å². The summed E-state index contributed by atoms with van der Waals surface area (Å²) in [5, 5.41) is 15.1. The Morgan fingerprint density at radius 3 is 2.38 bits per heavy atom. The van der Waals surface area contributed by atoms with Crippen LogP contribution in [0.4, 0.5) is 0 Å². The molecule has 7 heteroatoms. The molecule has 0 heterocycles. The van der Waals surface area contributed by atoms with Crippen LogP contribution >= 0.6 is 0 Å². The van der Waals surface area contributed by atoms with Crippen molar-refractivity contribution in [1.82, 2.24) is 0 Å². The van der Waals surface area contributed by atoms with E-state index in [4.69, 9.17) is 26.8 Å². The average molecular weight is 291 g/mol. The van der Waals surface area contributed by atoms with E-state index in [0.29, 0.717) is 12.5 Å². The normalized spacial score (nSPS) is 11.1. The smallest absolute Gasteiger partial charge is 0.370 e. The van der Waals surface area contributed by atoms with Crippen molar-refractivity contribution in [1.29, 1.82) is 0 Å². The molecule has 2 aromatic rings. The van der Waals surface area contributed by atoms with Gasteiger partial charge in [-0.2, -0.15) is 0 Å². The number of aliphatic imine (C=N–C) groups is 1. The molecule has 2 aromatic carbocycles. The van der Waals surface area contributed by atoms with Gasteiger partial charge in [0.05, 0.1) is 0 Å². The van der Waals surface area contributed by atoms with Crippen molar-refractivity contribution in [2.75, 3.05) is 6.54 Å². The summed E-state index contributed by atoms with van der Waals surface area (Å²) in [4.78, 5) is 12.6. The van der Waals surface area contributed by atoms with Gasteiger partial charge in [-0.15, -0.1) is 0 Å². The molecular weight excluding hydrogens is 272 g/mol. The van der Waals surface area contributed by atoms with Gasteiger partial charge >= 0.3 is 5.09 Å². The second-order valence-electron chi connectivity index (χ2n) is 4.49. The lowest BCUT2D eigenvalue weighted by Gasteiger charge is -2.12. The first kappa shape index (κ1) is 16.2. The molecule has 1 unspecified atom stereocenters. The zero-order valence-electron chi connectivity index (χ0n) is 11.7. The van der Waals surface area contributed by atoms with E-state index in [2.05, 4.69) is 48.3 Å². The summed E-state index contributed by atoms with van der Waals surface area (Å²) in [7, 11) is 0. The van der Waals surface area contributed by atoms with Crippen molar-refractivity contribution in [2.24, 2.45) is 16.5 Å². The van der Waals surface area contributed by atoms with Gasteiger partial charge in [-0.3, -0.25) is 4.99 Å². The van der Waals surface area contributed by atoms with Gasteiger partial charge in [-0.1, -0.05) is 49.4 Å². The second-order valence-corrected chi connectivity index (χ2v) is 4.49. The lowest BCUT2D eigenvalue weighted by molar-refractivity contribution is -0.969. The number of hydrogen-bond acceptors (Lipinski definition) is 2. The molecule has 6 N–H and O–H groups in total. The van der Waals surface area contributed by atoms with E-state index in [-0.39, 0.29) is 5.96 Å². The Balaban J connectivity index is 0.000000491. The highest BCUT2D eigenvalue weighted by Gasteiger charge is 2.08. The van der Waals surface area contributed by atoms with Crippen LogP contribution in [-0.4, -0.2) is 28.0 Å². The number of hydrogen-bond donors (Lipinski definition) is 4. The van der Waals surface area contributed by atoms with Gasteiger partial charge in [0.1, 0.15) is 4.91 Å². The molecule has 21 heavy (non-hydrogen) atoms. The predicted octanol–water partition coefficient (Wildman–Crippen LogP) is 1.76. The summed E-state index contributed by atoms with van der Waals surface area (Å²) in [5.74, 6) is 0.459. The quantitative estimate of drug-likeness (QED) is 0.389. The van der Waals surface area contributed by atoms with Crippen molar-refractivity contribution in [3.63, 3.8) is 0 Å². The fraction of sp³-hybridized carbons (Fsp3) is 0.214. The zero-order chi connectivity index (χ0) is 15.8. The SMILES string of the molecule is CC(CN=C(N)N)c1cccc2ccccc12.O=[N+](O)O. The first-order valence-electron chi connectivity index (χ1n) is 6.30. The second kappa shape index (κ2) is 7.68. The molecule has 0 bridgehead atoms. The Labute approximate surface area is 122 Å². The monoisotopic (exact) mass is 291 g/mol. The summed E-state index contributed by atoms with van der Waals surface area (Å²) < 4.78 is 0. The van der Waals surface area contributed by atoms with Crippen LogP contribution in [0.5, 0.6) is 0 Å². The van der Waals surface area contributed by atoms with Gasteiger partial charge in [0.25, 0.3) is 0 Å². The maximum absolute atomic E-state index is 8.47. The maximum atomic E-state index is 8.47. The highest BCUT2D eigenvalue weighted by atomic mass is 16.9. The summed E-state index contributed by atoms with van der Waals surface area (Å²) in [6.45, 7) is 2.75. The minimum Gasteiger partial charge on any atom is -0.370 e. The fourth-order valence-corrected chi connectivity index (χ4v) is 2.02. The van der Waals surface area contributed by atoms with E-state index < -0.39 is 5.09 Å². The van der Waals surface area contributed by atoms with Crippen LogP contribution < -0.4 is 11.5 Å². The maximum Gasteiger partial charge on any atom is 0.472 e. The van der Waals surface area contributed by atoms with Gasteiger partial charge in [0, 0.05) is 12.5 Å². The third-order valence-corrected chi connectivity index (χ3v) is 2.90. The van der Waals surface area contributed by atoms with E-state index in [1.165, 1.54) is 16.3 Å². The van der Waals surface area contributed by atoms with Crippen LogP contribution in [0.1, 0.15) is 18.4 Å². The number of nitrogens with two attached hydrogens (primary N) is 2. The molecule has 0 fully saturated rings. The van der Waals surface area contributed by atoms with Crippen LogP contribution in [-0.2, 0) is 0 Å². The standard InChI is InChI=1S/C14H17N3.H2NO3/c1-10(9-17-14(15)16)12-8-4-6-11-5-2-3-7-13(11)12;2-1(3)4/h2-8,10H,9H2,1H3,(H4,15,16,17);(H2,2,3,4)/q;+1. The Hall–Kier alpha value is -2.83. The Morgan fingerprint density at radius 2 is 1.76 bits per heavy atom.